The largest absolute Gasteiger partial charge is 0.477 e. The van der Waals surface area contributed by atoms with Crippen molar-refractivity contribution in [3.63, 3.8) is 0 Å². The number of hydrogen-bond acceptors (Lipinski definition) is 6. The lowest BCUT2D eigenvalue weighted by Crippen LogP contribution is -2.09. The normalized spacial score (nSPS) is 11.1. The molecule has 82 valence electrons. The van der Waals surface area contributed by atoms with Gasteiger partial charge in [0.05, 0.1) is 7.11 Å². The Hall–Kier alpha value is -1.70. The summed E-state index contributed by atoms with van der Waals surface area (Å²) in [4.78, 5) is 17.6. The van der Waals surface area contributed by atoms with Crippen molar-refractivity contribution in [1.82, 2.24) is 9.97 Å². The van der Waals surface area contributed by atoms with Gasteiger partial charge in [0.2, 0.25) is 0 Å². The molecule has 0 bridgehead atoms. The van der Waals surface area contributed by atoms with Gasteiger partial charge in [-0.25, -0.2) is 13.2 Å². The molecule has 0 unspecified atom stereocenters. The zero-order valence-electron chi connectivity index (χ0n) is 7.96. The molecule has 0 spiro atoms. The van der Waals surface area contributed by atoms with Crippen molar-refractivity contribution in [3.8, 4) is 6.01 Å². The predicted octanol–water partition coefficient (Wildman–Crippen LogP) is -0.413. The zero-order valence-corrected chi connectivity index (χ0v) is 8.78. The van der Waals surface area contributed by atoms with Gasteiger partial charge in [-0.2, -0.15) is 9.97 Å². The minimum Gasteiger partial charge on any atom is -0.477 e. The number of ether oxygens (including phenoxy) is 1. The molecule has 0 saturated carbocycles. The van der Waals surface area contributed by atoms with Gasteiger partial charge in [-0.1, -0.05) is 0 Å². The van der Waals surface area contributed by atoms with Crippen LogP contribution in [0.4, 0.5) is 0 Å². The lowest BCUT2D eigenvalue weighted by molar-refractivity contribution is 0.0688. The van der Waals surface area contributed by atoms with E-state index in [4.69, 9.17) is 5.11 Å². The summed E-state index contributed by atoms with van der Waals surface area (Å²) >= 11 is 0. The van der Waals surface area contributed by atoms with E-state index in [9.17, 15) is 13.2 Å². The van der Waals surface area contributed by atoms with Crippen LogP contribution in [0.25, 0.3) is 0 Å². The molecule has 1 aromatic heterocycles. The van der Waals surface area contributed by atoms with Gasteiger partial charge in [0.25, 0.3) is 0 Å². The van der Waals surface area contributed by atoms with Gasteiger partial charge in [-0.15, -0.1) is 0 Å². The molecule has 0 aliphatic heterocycles. The Kier molecular flexibility index (Phi) is 2.89. The molecule has 15 heavy (non-hydrogen) atoms. The summed E-state index contributed by atoms with van der Waals surface area (Å²) < 4.78 is 26.9. The zero-order chi connectivity index (χ0) is 11.6. The average Bonchev–Trinajstić information content (AvgIpc) is 2.15. The molecule has 0 atom stereocenters. The minimum atomic E-state index is -3.59. The standard InChI is InChI=1S/C7H8N2O5S/c1-14-7-8-4(6(10)11)3-5(9-7)15(2,12)13/h3H,1-2H3,(H,10,11). The van der Waals surface area contributed by atoms with Gasteiger partial charge >= 0.3 is 12.0 Å². The highest BCUT2D eigenvalue weighted by molar-refractivity contribution is 7.90. The van der Waals surface area contributed by atoms with Crippen LogP contribution in [-0.2, 0) is 9.84 Å². The topological polar surface area (TPSA) is 106 Å². The van der Waals surface area contributed by atoms with E-state index < -0.39 is 21.5 Å². The molecule has 0 aliphatic rings. The Morgan fingerprint density at radius 1 is 1.47 bits per heavy atom. The maximum atomic E-state index is 11.1. The number of sulfone groups is 1. The van der Waals surface area contributed by atoms with E-state index >= 15 is 0 Å². The van der Waals surface area contributed by atoms with Crippen molar-refractivity contribution >= 4 is 15.8 Å². The van der Waals surface area contributed by atoms with Crippen LogP contribution in [0.3, 0.4) is 0 Å². The lowest BCUT2D eigenvalue weighted by Gasteiger charge is -2.02. The summed E-state index contributed by atoms with van der Waals surface area (Å²) in [7, 11) is -2.37. The van der Waals surface area contributed by atoms with E-state index in [0.29, 0.717) is 0 Å². The highest BCUT2D eigenvalue weighted by Gasteiger charge is 2.16. The van der Waals surface area contributed by atoms with Crippen LogP contribution in [0.1, 0.15) is 10.5 Å². The van der Waals surface area contributed by atoms with Crippen LogP contribution in [0, 0.1) is 0 Å². The summed E-state index contributed by atoms with van der Waals surface area (Å²) in [6.45, 7) is 0. The van der Waals surface area contributed by atoms with Crippen LogP contribution >= 0.6 is 0 Å². The van der Waals surface area contributed by atoms with Gasteiger partial charge in [0.15, 0.2) is 20.6 Å². The van der Waals surface area contributed by atoms with Gasteiger partial charge in [0.1, 0.15) is 0 Å². The first-order valence-electron chi connectivity index (χ1n) is 3.71. The number of aromatic nitrogens is 2. The Labute approximate surface area is 85.7 Å². The van der Waals surface area contributed by atoms with Gasteiger partial charge < -0.3 is 9.84 Å². The molecule has 8 heteroatoms. The third-order valence-electron chi connectivity index (χ3n) is 1.46. The molecule has 0 saturated heterocycles. The molecule has 0 amide bonds. The molecular weight excluding hydrogens is 224 g/mol. The van der Waals surface area contributed by atoms with Gasteiger partial charge in [-0.05, 0) is 0 Å². The van der Waals surface area contributed by atoms with Crippen molar-refractivity contribution < 1.29 is 23.1 Å². The van der Waals surface area contributed by atoms with E-state index in [1.54, 1.807) is 0 Å². The number of nitrogens with zero attached hydrogens (tertiary/aromatic N) is 2. The summed E-state index contributed by atoms with van der Waals surface area (Å²) in [6.07, 6.45) is 0.917. The molecule has 1 N–H and O–H groups in total. The van der Waals surface area contributed by atoms with Crippen molar-refractivity contribution in [3.05, 3.63) is 11.8 Å². The van der Waals surface area contributed by atoms with E-state index in [1.807, 2.05) is 0 Å². The van der Waals surface area contributed by atoms with E-state index in [-0.39, 0.29) is 11.0 Å². The second kappa shape index (κ2) is 3.81. The summed E-state index contributed by atoms with van der Waals surface area (Å²) in [5.41, 5.74) is -0.428. The second-order valence-electron chi connectivity index (χ2n) is 2.66. The third kappa shape index (κ3) is 2.62. The van der Waals surface area contributed by atoms with E-state index in [0.717, 1.165) is 12.3 Å². The summed E-state index contributed by atoms with van der Waals surface area (Å²) in [5, 5.41) is 8.27. The Morgan fingerprint density at radius 2 is 2.07 bits per heavy atom. The third-order valence-corrected chi connectivity index (χ3v) is 2.43. The van der Waals surface area contributed by atoms with Crippen LogP contribution in [0.2, 0.25) is 0 Å². The molecule has 7 nitrogen and oxygen atoms in total. The van der Waals surface area contributed by atoms with E-state index in [2.05, 4.69) is 14.7 Å². The summed E-state index contributed by atoms with van der Waals surface area (Å²) in [6, 6.07) is 0.579. The number of aromatic carboxylic acids is 1. The molecular formula is C7H8N2O5S. The Morgan fingerprint density at radius 3 is 2.47 bits per heavy atom. The first-order chi connectivity index (χ1) is 6.84. The van der Waals surface area contributed by atoms with Crippen LogP contribution in [0.5, 0.6) is 6.01 Å². The smallest absolute Gasteiger partial charge is 0.354 e. The number of carboxylic acid groups (broad SMARTS) is 1. The van der Waals surface area contributed by atoms with Crippen molar-refractivity contribution in [2.45, 2.75) is 5.03 Å². The number of carboxylic acids is 1. The fraction of sp³-hybridized carbons (Fsp3) is 0.286. The molecule has 0 fully saturated rings. The highest BCUT2D eigenvalue weighted by atomic mass is 32.2. The van der Waals surface area contributed by atoms with Crippen molar-refractivity contribution in [2.75, 3.05) is 13.4 Å². The van der Waals surface area contributed by atoms with Crippen LogP contribution in [-0.4, -0.2) is 42.8 Å². The average molecular weight is 232 g/mol. The maximum Gasteiger partial charge on any atom is 0.354 e. The first kappa shape index (κ1) is 11.4. The predicted molar refractivity (Wildman–Crippen MR) is 48.7 cm³/mol. The Balaban J connectivity index is 3.43. The molecule has 1 aromatic rings. The molecule has 0 aromatic carbocycles. The van der Waals surface area contributed by atoms with Crippen LogP contribution < -0.4 is 4.74 Å². The number of rotatable bonds is 3. The molecule has 1 rings (SSSR count). The van der Waals surface area contributed by atoms with Gasteiger partial charge in [0, 0.05) is 12.3 Å². The number of methoxy groups -OCH3 is 1. The first-order valence-corrected chi connectivity index (χ1v) is 5.60. The number of carbonyl (C=O) groups is 1. The SMILES string of the molecule is COc1nc(C(=O)O)cc(S(C)(=O)=O)n1. The number of hydrogen-bond donors (Lipinski definition) is 1. The van der Waals surface area contributed by atoms with Crippen LogP contribution in [0.15, 0.2) is 11.1 Å². The summed E-state index contributed by atoms with van der Waals surface area (Å²) in [5.74, 6) is -1.35. The second-order valence-corrected chi connectivity index (χ2v) is 4.62. The molecule has 1 heterocycles. The van der Waals surface area contributed by atoms with E-state index in [1.165, 1.54) is 7.11 Å². The van der Waals surface area contributed by atoms with Crippen molar-refractivity contribution in [1.29, 1.82) is 0 Å². The Bertz CT molecular complexity index is 496. The monoisotopic (exact) mass is 232 g/mol. The lowest BCUT2D eigenvalue weighted by atomic mass is 10.4. The quantitative estimate of drug-likeness (QED) is 0.705. The maximum absolute atomic E-state index is 11.1. The molecule has 0 aliphatic carbocycles. The fourth-order valence-corrected chi connectivity index (χ4v) is 1.36. The molecule has 0 radical (unpaired) electrons. The van der Waals surface area contributed by atoms with Gasteiger partial charge in [-0.3, -0.25) is 0 Å². The fourth-order valence-electron chi connectivity index (χ4n) is 0.795. The minimum absolute atomic E-state index is 0.296. The van der Waals surface area contributed by atoms with Crippen molar-refractivity contribution in [2.24, 2.45) is 0 Å². The highest BCUT2D eigenvalue weighted by Crippen LogP contribution is 2.11.